The number of carbonyl (C=O) groups is 1. The van der Waals surface area contributed by atoms with Gasteiger partial charge in [0.15, 0.2) is 5.75 Å². The van der Waals surface area contributed by atoms with Gasteiger partial charge in [-0.25, -0.2) is 0 Å². The van der Waals surface area contributed by atoms with Crippen LogP contribution in [0.2, 0.25) is 0 Å². The van der Waals surface area contributed by atoms with Crippen LogP contribution in [0.15, 0.2) is 48.7 Å². The molecule has 1 aliphatic rings. The largest absolute Gasteiger partial charge is 0.497 e. The zero-order valence-corrected chi connectivity index (χ0v) is 16.8. The first-order valence-corrected chi connectivity index (χ1v) is 9.17. The van der Waals surface area contributed by atoms with Gasteiger partial charge in [0.25, 0.3) is 5.91 Å². The molecule has 1 saturated heterocycles. The fourth-order valence-electron chi connectivity index (χ4n) is 3.23. The summed E-state index contributed by atoms with van der Waals surface area (Å²) in [6, 6.07) is 11.6. The maximum absolute atomic E-state index is 13.1. The predicted octanol–water partition coefficient (Wildman–Crippen LogP) is 4.27. The lowest BCUT2D eigenvalue weighted by molar-refractivity contribution is -0.115. The highest BCUT2D eigenvalue weighted by atomic mass is 19.4. The number of likely N-dealkylation sites (tertiary alicyclic amines) is 1. The molecule has 1 fully saturated rings. The summed E-state index contributed by atoms with van der Waals surface area (Å²) in [5.41, 5.74) is 0.757. The van der Waals surface area contributed by atoms with Crippen LogP contribution < -0.4 is 14.2 Å². The first-order chi connectivity index (χ1) is 14.7. The summed E-state index contributed by atoms with van der Waals surface area (Å²) in [7, 11) is 2.79. The lowest BCUT2D eigenvalue weighted by Gasteiger charge is -2.40. The van der Waals surface area contributed by atoms with Crippen LogP contribution in [0.25, 0.3) is 0 Å². The lowest BCUT2D eigenvalue weighted by atomic mass is 9.90. The van der Waals surface area contributed by atoms with E-state index in [2.05, 4.69) is 6.58 Å². The Kier molecular flexibility index (Phi) is 6.11. The second-order valence-electron chi connectivity index (χ2n) is 6.83. The van der Waals surface area contributed by atoms with E-state index in [1.54, 1.807) is 7.11 Å². The number of benzene rings is 2. The molecule has 1 amide bonds. The van der Waals surface area contributed by atoms with Gasteiger partial charge in [0.2, 0.25) is 5.76 Å². The number of alkyl halides is 3. The highest BCUT2D eigenvalue weighted by molar-refractivity contribution is 6.01. The summed E-state index contributed by atoms with van der Waals surface area (Å²) in [4.78, 5) is 14.6. The van der Waals surface area contributed by atoms with Crippen molar-refractivity contribution in [1.29, 1.82) is 5.26 Å². The molecule has 1 heterocycles. The molecule has 0 bridgehead atoms. The van der Waals surface area contributed by atoms with Crippen molar-refractivity contribution in [1.82, 2.24) is 4.90 Å². The number of amides is 1. The van der Waals surface area contributed by atoms with Gasteiger partial charge in [0.1, 0.15) is 23.1 Å². The number of hydrogen-bond acceptors (Lipinski definition) is 5. The Bertz CT molecular complexity index is 1040. The zero-order chi connectivity index (χ0) is 22.8. The quantitative estimate of drug-likeness (QED) is 0.638. The first kappa shape index (κ1) is 22.0. The van der Waals surface area contributed by atoms with Crippen molar-refractivity contribution in [3.05, 3.63) is 65.4 Å². The smallest absolute Gasteiger partial charge is 0.448 e. The summed E-state index contributed by atoms with van der Waals surface area (Å²) < 4.78 is 53.9. The van der Waals surface area contributed by atoms with Crippen molar-refractivity contribution in [2.24, 2.45) is 0 Å². The van der Waals surface area contributed by atoms with E-state index in [9.17, 15) is 23.2 Å². The van der Waals surface area contributed by atoms with Gasteiger partial charge >= 0.3 is 6.18 Å². The molecule has 0 atom stereocenters. The predicted molar refractivity (Wildman–Crippen MR) is 105 cm³/mol. The van der Waals surface area contributed by atoms with Crippen molar-refractivity contribution in [3.8, 4) is 23.3 Å². The first-order valence-electron chi connectivity index (χ1n) is 9.17. The molecule has 0 N–H and O–H groups in total. The third-order valence-electron chi connectivity index (χ3n) is 4.96. The van der Waals surface area contributed by atoms with Crippen LogP contribution in [0.5, 0.6) is 17.2 Å². The van der Waals surface area contributed by atoms with Crippen molar-refractivity contribution in [3.63, 3.8) is 0 Å². The highest BCUT2D eigenvalue weighted by Gasteiger charge is 2.38. The minimum absolute atomic E-state index is 0.00282. The molecular weight excluding hydrogens is 413 g/mol. The molecule has 31 heavy (non-hydrogen) atoms. The maximum Gasteiger partial charge on any atom is 0.448 e. The van der Waals surface area contributed by atoms with Gasteiger partial charge < -0.3 is 19.1 Å². The van der Waals surface area contributed by atoms with E-state index in [1.165, 1.54) is 18.1 Å². The SMILES string of the molecule is C=C(Oc1ccc(C#N)c(OC)c1C(=O)N1CC(c2ccc(OC)cc2)C1)C(F)(F)F. The highest BCUT2D eigenvalue weighted by Crippen LogP contribution is 2.38. The monoisotopic (exact) mass is 432 g/mol. The summed E-state index contributed by atoms with van der Waals surface area (Å²) in [5.74, 6) is -1.82. The minimum Gasteiger partial charge on any atom is -0.497 e. The van der Waals surface area contributed by atoms with Crippen molar-refractivity contribution in [2.45, 2.75) is 12.1 Å². The fourth-order valence-corrected chi connectivity index (χ4v) is 3.23. The van der Waals surface area contributed by atoms with E-state index in [4.69, 9.17) is 14.2 Å². The van der Waals surface area contributed by atoms with Crippen LogP contribution in [-0.2, 0) is 0 Å². The third kappa shape index (κ3) is 4.43. The summed E-state index contributed by atoms with van der Waals surface area (Å²) in [5, 5.41) is 9.30. The Balaban J connectivity index is 1.87. The van der Waals surface area contributed by atoms with E-state index in [1.807, 2.05) is 30.3 Å². The molecule has 162 valence electrons. The Morgan fingerprint density at radius 2 is 1.77 bits per heavy atom. The average molecular weight is 432 g/mol. The van der Waals surface area contributed by atoms with Crippen LogP contribution in [0.4, 0.5) is 13.2 Å². The second-order valence-corrected chi connectivity index (χ2v) is 6.83. The number of hydrogen-bond donors (Lipinski definition) is 0. The van der Waals surface area contributed by atoms with Crippen LogP contribution in [-0.4, -0.2) is 44.3 Å². The second kappa shape index (κ2) is 8.60. The van der Waals surface area contributed by atoms with Gasteiger partial charge in [-0.1, -0.05) is 18.7 Å². The van der Waals surface area contributed by atoms with Gasteiger partial charge in [0.05, 0.1) is 19.8 Å². The van der Waals surface area contributed by atoms with Crippen LogP contribution in [0.1, 0.15) is 27.4 Å². The molecule has 0 unspecified atom stereocenters. The van der Waals surface area contributed by atoms with Crippen molar-refractivity contribution in [2.75, 3.05) is 27.3 Å². The van der Waals surface area contributed by atoms with Crippen molar-refractivity contribution >= 4 is 5.91 Å². The number of rotatable bonds is 6. The number of ether oxygens (including phenoxy) is 3. The Labute approximate surface area is 177 Å². The number of allylic oxidation sites excluding steroid dienone is 1. The Morgan fingerprint density at radius 3 is 2.29 bits per heavy atom. The molecular formula is C22H19F3N2O4. The van der Waals surface area contributed by atoms with E-state index in [-0.39, 0.29) is 28.5 Å². The van der Waals surface area contributed by atoms with E-state index < -0.39 is 17.8 Å². The van der Waals surface area contributed by atoms with Crippen molar-refractivity contribution < 1.29 is 32.2 Å². The molecule has 2 aromatic carbocycles. The van der Waals surface area contributed by atoms with Crippen LogP contribution in [0.3, 0.4) is 0 Å². The van der Waals surface area contributed by atoms with Gasteiger partial charge in [-0.05, 0) is 29.8 Å². The lowest BCUT2D eigenvalue weighted by Crippen LogP contribution is -2.48. The van der Waals surface area contributed by atoms with Gasteiger partial charge in [-0.3, -0.25) is 4.79 Å². The molecule has 0 radical (unpaired) electrons. The Hall–Kier alpha value is -3.67. The number of methoxy groups -OCH3 is 2. The van der Waals surface area contributed by atoms with E-state index >= 15 is 0 Å². The van der Waals surface area contributed by atoms with Gasteiger partial charge in [-0.15, -0.1) is 0 Å². The molecule has 3 rings (SSSR count). The fraction of sp³-hybridized carbons (Fsp3) is 0.273. The van der Waals surface area contributed by atoms with Gasteiger partial charge in [-0.2, -0.15) is 18.4 Å². The topological polar surface area (TPSA) is 71.8 Å². The van der Waals surface area contributed by atoms with Crippen LogP contribution in [0, 0.1) is 11.3 Å². The molecule has 1 aliphatic heterocycles. The molecule has 0 aliphatic carbocycles. The average Bonchev–Trinajstić information content (AvgIpc) is 2.71. The molecule has 9 heteroatoms. The van der Waals surface area contributed by atoms with E-state index in [0.29, 0.717) is 18.8 Å². The number of nitrogens with zero attached hydrogens (tertiary/aromatic N) is 2. The molecule has 0 saturated carbocycles. The summed E-state index contributed by atoms with van der Waals surface area (Å²) in [6.45, 7) is 3.58. The maximum atomic E-state index is 13.1. The third-order valence-corrected chi connectivity index (χ3v) is 4.96. The number of carbonyl (C=O) groups excluding carboxylic acids is 1. The van der Waals surface area contributed by atoms with Crippen LogP contribution >= 0.6 is 0 Å². The molecule has 0 spiro atoms. The zero-order valence-electron chi connectivity index (χ0n) is 16.8. The minimum atomic E-state index is -4.81. The number of halogens is 3. The molecule has 2 aromatic rings. The van der Waals surface area contributed by atoms with Gasteiger partial charge in [0, 0.05) is 19.0 Å². The summed E-state index contributed by atoms with van der Waals surface area (Å²) >= 11 is 0. The summed E-state index contributed by atoms with van der Waals surface area (Å²) in [6.07, 6.45) is -4.81. The Morgan fingerprint density at radius 1 is 1.13 bits per heavy atom. The molecule has 0 aromatic heterocycles. The molecule has 6 nitrogen and oxygen atoms in total. The van der Waals surface area contributed by atoms with E-state index in [0.717, 1.165) is 11.6 Å². The standard InChI is InChI=1S/C22H19F3N2O4/c1-13(22(23,24)25)31-18-9-6-15(10-26)20(30-3)19(18)21(28)27-11-16(12-27)14-4-7-17(29-2)8-5-14/h4-9,16H,1,11-12H2,2-3H3. The number of nitriles is 1. The normalized spacial score (nSPS) is 13.7.